The average molecular weight is 272 g/mol. The Balaban J connectivity index is 1.81. The molecule has 0 bridgehead atoms. The van der Waals surface area contributed by atoms with Gasteiger partial charge in [0.2, 0.25) is 0 Å². The number of carbonyl (C=O) groups is 1. The van der Waals surface area contributed by atoms with Crippen LogP contribution in [0.3, 0.4) is 0 Å². The van der Waals surface area contributed by atoms with Crippen LogP contribution < -0.4 is 5.32 Å². The molecule has 20 heavy (non-hydrogen) atoms. The smallest absolute Gasteiger partial charge is 0.255 e. The second-order valence-corrected chi connectivity index (χ2v) is 6.41. The summed E-state index contributed by atoms with van der Waals surface area (Å²) in [5.41, 5.74) is 3.24. The van der Waals surface area contributed by atoms with Gasteiger partial charge >= 0.3 is 0 Å². The Kier molecular flexibility index (Phi) is 3.68. The molecule has 3 heteroatoms. The first-order valence-electron chi connectivity index (χ1n) is 7.82. The van der Waals surface area contributed by atoms with E-state index in [2.05, 4.69) is 25.2 Å². The second kappa shape index (κ2) is 5.47. The van der Waals surface area contributed by atoms with Gasteiger partial charge < -0.3 is 10.2 Å². The minimum absolute atomic E-state index is 0.208. The van der Waals surface area contributed by atoms with Gasteiger partial charge in [0.25, 0.3) is 5.91 Å². The molecule has 2 aliphatic heterocycles. The summed E-state index contributed by atoms with van der Waals surface area (Å²) in [5.74, 6) is 1.53. The summed E-state index contributed by atoms with van der Waals surface area (Å²) in [4.78, 5) is 14.8. The van der Waals surface area contributed by atoms with E-state index in [1.807, 2.05) is 17.0 Å². The number of para-hydroxylation sites is 1. The molecule has 0 spiro atoms. The summed E-state index contributed by atoms with van der Waals surface area (Å²) < 4.78 is 0. The Hall–Kier alpha value is -1.51. The first-order valence-corrected chi connectivity index (χ1v) is 7.82. The number of hydrogen-bond donors (Lipinski definition) is 1. The number of carbonyl (C=O) groups excluding carboxylic acids is 1. The number of aryl methyl sites for hydroxylation is 1. The van der Waals surface area contributed by atoms with Gasteiger partial charge in [-0.15, -0.1) is 0 Å². The van der Waals surface area contributed by atoms with Crippen molar-refractivity contribution in [2.24, 2.45) is 11.8 Å². The zero-order valence-corrected chi connectivity index (χ0v) is 12.5. The molecule has 1 saturated heterocycles. The number of amides is 1. The molecule has 108 valence electrons. The first kappa shape index (κ1) is 13.5. The van der Waals surface area contributed by atoms with Crippen LogP contribution in [-0.4, -0.2) is 30.4 Å². The van der Waals surface area contributed by atoms with Crippen LogP contribution >= 0.6 is 0 Å². The third-order valence-electron chi connectivity index (χ3n) is 4.76. The van der Waals surface area contributed by atoms with Crippen LogP contribution in [0, 0.1) is 11.8 Å². The monoisotopic (exact) mass is 272 g/mol. The van der Waals surface area contributed by atoms with E-state index >= 15 is 0 Å². The topological polar surface area (TPSA) is 32.3 Å². The lowest BCUT2D eigenvalue weighted by molar-refractivity contribution is 0.0785. The van der Waals surface area contributed by atoms with Crippen LogP contribution in [0.2, 0.25) is 0 Å². The molecular weight excluding hydrogens is 248 g/mol. The van der Waals surface area contributed by atoms with Crippen molar-refractivity contribution in [1.29, 1.82) is 0 Å². The number of nitrogens with zero attached hydrogens (tertiary/aromatic N) is 1. The van der Waals surface area contributed by atoms with Crippen molar-refractivity contribution < 1.29 is 4.79 Å². The van der Waals surface area contributed by atoms with E-state index in [1.165, 1.54) is 5.56 Å². The van der Waals surface area contributed by atoms with Crippen molar-refractivity contribution in [2.45, 2.75) is 33.1 Å². The van der Waals surface area contributed by atoms with Crippen molar-refractivity contribution >= 4 is 11.6 Å². The van der Waals surface area contributed by atoms with Crippen LogP contribution in [-0.2, 0) is 6.42 Å². The number of rotatable bonds is 2. The largest absolute Gasteiger partial charge is 0.384 e. The predicted octanol–water partition coefficient (Wildman–Crippen LogP) is 3.16. The summed E-state index contributed by atoms with van der Waals surface area (Å²) >= 11 is 0. The van der Waals surface area contributed by atoms with Crippen molar-refractivity contribution in [3.8, 4) is 0 Å². The van der Waals surface area contributed by atoms with E-state index in [4.69, 9.17) is 0 Å². The van der Waals surface area contributed by atoms with Crippen molar-refractivity contribution in [1.82, 2.24) is 4.90 Å². The highest BCUT2D eigenvalue weighted by molar-refractivity contribution is 6.00. The molecule has 1 amide bonds. The van der Waals surface area contributed by atoms with E-state index < -0.39 is 0 Å². The quantitative estimate of drug-likeness (QED) is 0.897. The van der Waals surface area contributed by atoms with Gasteiger partial charge in [-0.3, -0.25) is 4.79 Å². The predicted molar refractivity (Wildman–Crippen MR) is 82.1 cm³/mol. The maximum absolute atomic E-state index is 12.8. The lowest BCUT2D eigenvalue weighted by Gasteiger charge is -2.24. The van der Waals surface area contributed by atoms with Gasteiger partial charge in [-0.1, -0.05) is 26.0 Å². The van der Waals surface area contributed by atoms with Gasteiger partial charge in [0, 0.05) is 19.6 Å². The van der Waals surface area contributed by atoms with E-state index in [0.29, 0.717) is 11.8 Å². The number of anilines is 1. The zero-order chi connectivity index (χ0) is 14.1. The normalized spacial score (nSPS) is 21.8. The van der Waals surface area contributed by atoms with E-state index in [0.717, 1.165) is 50.1 Å². The lowest BCUT2D eigenvalue weighted by Crippen LogP contribution is -2.30. The van der Waals surface area contributed by atoms with Crippen LogP contribution in [0.15, 0.2) is 18.2 Å². The fourth-order valence-corrected chi connectivity index (χ4v) is 3.37. The molecule has 3 rings (SSSR count). The van der Waals surface area contributed by atoms with Crippen molar-refractivity contribution in [3.63, 3.8) is 0 Å². The standard InChI is InChI=1S/C17H24N2O/c1-12(2)14-8-10-19(11-14)17(20)15-7-3-5-13-6-4-9-18-16(13)15/h3,5,7,12,14,18H,4,6,8-11H2,1-2H3. The highest BCUT2D eigenvalue weighted by Crippen LogP contribution is 2.30. The summed E-state index contributed by atoms with van der Waals surface area (Å²) in [6, 6.07) is 6.14. The molecule has 2 heterocycles. The fourth-order valence-electron chi connectivity index (χ4n) is 3.37. The van der Waals surface area contributed by atoms with E-state index in [1.54, 1.807) is 0 Å². The van der Waals surface area contributed by atoms with Crippen LogP contribution in [0.5, 0.6) is 0 Å². The Morgan fingerprint density at radius 1 is 1.40 bits per heavy atom. The van der Waals surface area contributed by atoms with Crippen LogP contribution in [0.4, 0.5) is 5.69 Å². The molecule has 1 atom stereocenters. The van der Waals surface area contributed by atoms with Gasteiger partial charge in [0.15, 0.2) is 0 Å². The van der Waals surface area contributed by atoms with E-state index in [-0.39, 0.29) is 5.91 Å². The maximum atomic E-state index is 12.8. The third-order valence-corrected chi connectivity index (χ3v) is 4.76. The maximum Gasteiger partial charge on any atom is 0.255 e. The van der Waals surface area contributed by atoms with Gasteiger partial charge in [-0.25, -0.2) is 0 Å². The van der Waals surface area contributed by atoms with Gasteiger partial charge in [-0.05, 0) is 42.7 Å². The van der Waals surface area contributed by atoms with E-state index in [9.17, 15) is 4.79 Å². The third kappa shape index (κ3) is 2.41. The molecule has 3 nitrogen and oxygen atoms in total. The number of hydrogen-bond acceptors (Lipinski definition) is 2. The molecule has 1 unspecified atom stereocenters. The number of fused-ring (bicyclic) bond motifs is 1. The highest BCUT2D eigenvalue weighted by atomic mass is 16.2. The van der Waals surface area contributed by atoms with Crippen molar-refractivity contribution in [2.75, 3.05) is 25.0 Å². The lowest BCUT2D eigenvalue weighted by atomic mass is 9.95. The average Bonchev–Trinajstić information content (AvgIpc) is 2.96. The SMILES string of the molecule is CC(C)C1CCN(C(=O)c2cccc3c2NCCC3)C1. The van der Waals surface area contributed by atoms with Crippen LogP contribution in [0.25, 0.3) is 0 Å². The van der Waals surface area contributed by atoms with Crippen molar-refractivity contribution in [3.05, 3.63) is 29.3 Å². The number of benzene rings is 1. The van der Waals surface area contributed by atoms with Gasteiger partial charge in [0.1, 0.15) is 0 Å². The number of nitrogens with one attached hydrogen (secondary N) is 1. The Morgan fingerprint density at radius 3 is 3.00 bits per heavy atom. The molecular formula is C17H24N2O. The summed E-state index contributed by atoms with van der Waals surface area (Å²) in [6.45, 7) is 7.31. The number of likely N-dealkylation sites (tertiary alicyclic amines) is 1. The molecule has 1 aromatic carbocycles. The highest BCUT2D eigenvalue weighted by Gasteiger charge is 2.30. The molecule has 1 N–H and O–H groups in total. The molecule has 0 aromatic heterocycles. The van der Waals surface area contributed by atoms with Gasteiger partial charge in [0.05, 0.1) is 11.3 Å². The molecule has 0 radical (unpaired) electrons. The first-order chi connectivity index (χ1) is 9.66. The summed E-state index contributed by atoms with van der Waals surface area (Å²) in [6.07, 6.45) is 3.38. The second-order valence-electron chi connectivity index (χ2n) is 6.41. The Bertz CT molecular complexity index is 510. The minimum Gasteiger partial charge on any atom is -0.384 e. The summed E-state index contributed by atoms with van der Waals surface area (Å²) in [5, 5.41) is 3.42. The Morgan fingerprint density at radius 2 is 2.25 bits per heavy atom. The molecule has 2 aliphatic rings. The minimum atomic E-state index is 0.208. The zero-order valence-electron chi connectivity index (χ0n) is 12.5. The van der Waals surface area contributed by atoms with Crippen LogP contribution in [0.1, 0.15) is 42.6 Å². The fraction of sp³-hybridized carbons (Fsp3) is 0.588. The Labute approximate surface area is 121 Å². The molecule has 1 aromatic rings. The molecule has 0 aliphatic carbocycles. The van der Waals surface area contributed by atoms with Gasteiger partial charge in [-0.2, -0.15) is 0 Å². The summed E-state index contributed by atoms with van der Waals surface area (Å²) in [7, 11) is 0. The molecule has 1 fully saturated rings. The molecule has 0 saturated carbocycles.